The van der Waals surface area contributed by atoms with Crippen LogP contribution in [0.2, 0.25) is 0 Å². The molecule has 1 heterocycles. The van der Waals surface area contributed by atoms with E-state index in [4.69, 9.17) is 5.73 Å². The Hall–Kier alpha value is -1.43. The number of amides is 1. The normalized spacial score (nSPS) is 24.6. The molecular formula is C11H19N5O. The van der Waals surface area contributed by atoms with Gasteiger partial charge in [-0.3, -0.25) is 9.89 Å². The first-order valence-corrected chi connectivity index (χ1v) is 6.06. The minimum atomic E-state index is -0.104. The van der Waals surface area contributed by atoms with Crippen molar-refractivity contribution in [2.24, 2.45) is 11.7 Å². The number of rotatable bonds is 3. The van der Waals surface area contributed by atoms with Crippen molar-refractivity contribution in [3.05, 3.63) is 12.2 Å². The lowest BCUT2D eigenvalue weighted by atomic mass is 9.83. The second-order valence-electron chi connectivity index (χ2n) is 4.60. The van der Waals surface area contributed by atoms with Gasteiger partial charge in [-0.15, -0.1) is 0 Å². The van der Waals surface area contributed by atoms with E-state index in [9.17, 15) is 4.79 Å². The maximum absolute atomic E-state index is 12.1. The molecule has 6 heteroatoms. The average molecular weight is 237 g/mol. The van der Waals surface area contributed by atoms with Crippen LogP contribution < -0.4 is 5.73 Å². The van der Waals surface area contributed by atoms with Gasteiger partial charge in [-0.1, -0.05) is 12.8 Å². The standard InChI is InChI=1S/C11H19N5O/c1-16(11(17)10-13-7-14-15-10)9-5-3-2-4-8(9)6-12/h7-9H,2-6,12H2,1H3,(H,13,14,15). The van der Waals surface area contributed by atoms with Crippen molar-refractivity contribution in [3.63, 3.8) is 0 Å². The predicted octanol–water partition coefficient (Wildman–Crippen LogP) is 0.394. The molecule has 0 aliphatic heterocycles. The van der Waals surface area contributed by atoms with Gasteiger partial charge in [0.1, 0.15) is 6.33 Å². The Morgan fingerprint density at radius 3 is 3.00 bits per heavy atom. The van der Waals surface area contributed by atoms with Gasteiger partial charge in [0.05, 0.1) is 0 Å². The van der Waals surface area contributed by atoms with Crippen LogP contribution in [-0.4, -0.2) is 45.6 Å². The van der Waals surface area contributed by atoms with Gasteiger partial charge in [0.25, 0.3) is 5.91 Å². The molecule has 1 aromatic rings. The van der Waals surface area contributed by atoms with Crippen molar-refractivity contribution in [3.8, 4) is 0 Å². The molecule has 0 bridgehead atoms. The third-order valence-corrected chi connectivity index (χ3v) is 3.61. The Morgan fingerprint density at radius 2 is 2.35 bits per heavy atom. The van der Waals surface area contributed by atoms with E-state index in [1.807, 2.05) is 7.05 Å². The number of nitrogens with one attached hydrogen (secondary N) is 1. The molecule has 1 aliphatic rings. The molecule has 3 N–H and O–H groups in total. The highest BCUT2D eigenvalue weighted by molar-refractivity contribution is 5.90. The van der Waals surface area contributed by atoms with Crippen LogP contribution in [0.15, 0.2) is 6.33 Å². The van der Waals surface area contributed by atoms with Gasteiger partial charge >= 0.3 is 0 Å². The van der Waals surface area contributed by atoms with Crippen molar-refractivity contribution in [2.75, 3.05) is 13.6 Å². The smallest absolute Gasteiger partial charge is 0.291 e. The van der Waals surface area contributed by atoms with E-state index in [2.05, 4.69) is 15.2 Å². The molecule has 0 radical (unpaired) electrons. The Balaban J connectivity index is 2.07. The largest absolute Gasteiger partial charge is 0.336 e. The van der Waals surface area contributed by atoms with Gasteiger partial charge in [-0.05, 0) is 25.3 Å². The Morgan fingerprint density at radius 1 is 1.59 bits per heavy atom. The Bertz CT molecular complexity index is 364. The lowest BCUT2D eigenvalue weighted by molar-refractivity contribution is 0.0608. The average Bonchev–Trinajstić information content (AvgIpc) is 2.90. The van der Waals surface area contributed by atoms with E-state index in [1.54, 1.807) is 4.90 Å². The quantitative estimate of drug-likeness (QED) is 0.796. The summed E-state index contributed by atoms with van der Waals surface area (Å²) in [6.45, 7) is 0.638. The molecular weight excluding hydrogens is 218 g/mol. The maximum atomic E-state index is 12.1. The van der Waals surface area contributed by atoms with Gasteiger partial charge < -0.3 is 10.6 Å². The lowest BCUT2D eigenvalue weighted by Crippen LogP contribution is -2.46. The fourth-order valence-corrected chi connectivity index (χ4v) is 2.60. The third-order valence-electron chi connectivity index (χ3n) is 3.61. The first-order chi connectivity index (χ1) is 8.24. The van der Waals surface area contributed by atoms with Crippen molar-refractivity contribution >= 4 is 5.91 Å². The number of aromatic nitrogens is 3. The van der Waals surface area contributed by atoms with E-state index >= 15 is 0 Å². The summed E-state index contributed by atoms with van der Waals surface area (Å²) in [5.41, 5.74) is 5.78. The van der Waals surface area contributed by atoms with Gasteiger partial charge in [-0.25, -0.2) is 4.98 Å². The van der Waals surface area contributed by atoms with Crippen LogP contribution in [-0.2, 0) is 0 Å². The van der Waals surface area contributed by atoms with Crippen molar-refractivity contribution in [1.82, 2.24) is 20.1 Å². The number of carbonyl (C=O) groups excluding carboxylic acids is 1. The zero-order chi connectivity index (χ0) is 12.3. The Labute approximate surface area is 101 Å². The molecule has 0 spiro atoms. The van der Waals surface area contributed by atoms with Crippen molar-refractivity contribution < 1.29 is 4.79 Å². The van der Waals surface area contributed by atoms with Crippen LogP contribution in [0.3, 0.4) is 0 Å². The van der Waals surface area contributed by atoms with Crippen LogP contribution in [0.1, 0.15) is 36.3 Å². The second kappa shape index (κ2) is 5.27. The van der Waals surface area contributed by atoms with E-state index in [0.29, 0.717) is 18.3 Å². The molecule has 0 saturated heterocycles. The first-order valence-electron chi connectivity index (χ1n) is 6.06. The molecule has 1 fully saturated rings. The minimum Gasteiger partial charge on any atom is -0.336 e. The summed E-state index contributed by atoms with van der Waals surface area (Å²) in [5, 5.41) is 6.31. The van der Waals surface area contributed by atoms with Crippen molar-refractivity contribution in [1.29, 1.82) is 0 Å². The molecule has 1 aromatic heterocycles. The maximum Gasteiger partial charge on any atom is 0.291 e. The zero-order valence-corrected chi connectivity index (χ0v) is 10.1. The van der Waals surface area contributed by atoms with E-state index in [-0.39, 0.29) is 11.9 Å². The number of carbonyl (C=O) groups is 1. The molecule has 1 saturated carbocycles. The number of nitrogens with zero attached hydrogens (tertiary/aromatic N) is 3. The monoisotopic (exact) mass is 237 g/mol. The van der Waals surface area contributed by atoms with Gasteiger partial charge in [0.2, 0.25) is 5.82 Å². The van der Waals surface area contributed by atoms with E-state index < -0.39 is 0 Å². The van der Waals surface area contributed by atoms with E-state index in [1.165, 1.54) is 12.7 Å². The molecule has 1 amide bonds. The SMILES string of the molecule is CN(C(=O)c1ncn[nH]1)C1CCCCC1CN. The summed E-state index contributed by atoms with van der Waals surface area (Å²) in [6.07, 6.45) is 5.85. The summed E-state index contributed by atoms with van der Waals surface area (Å²) in [5.74, 6) is 0.599. The Kier molecular flexibility index (Phi) is 3.73. The van der Waals surface area contributed by atoms with Gasteiger partial charge in [0, 0.05) is 13.1 Å². The fraction of sp³-hybridized carbons (Fsp3) is 0.727. The van der Waals surface area contributed by atoms with Crippen molar-refractivity contribution in [2.45, 2.75) is 31.7 Å². The minimum absolute atomic E-state index is 0.104. The van der Waals surface area contributed by atoms with Crippen LogP contribution in [0, 0.1) is 5.92 Å². The summed E-state index contributed by atoms with van der Waals surface area (Å²) < 4.78 is 0. The first kappa shape index (κ1) is 12.0. The molecule has 6 nitrogen and oxygen atoms in total. The van der Waals surface area contributed by atoms with Crippen LogP contribution in [0.5, 0.6) is 0 Å². The number of H-pyrrole nitrogens is 1. The number of hydrogen-bond acceptors (Lipinski definition) is 4. The third kappa shape index (κ3) is 2.46. The predicted molar refractivity (Wildman–Crippen MR) is 63.3 cm³/mol. The summed E-state index contributed by atoms with van der Waals surface area (Å²) in [4.78, 5) is 17.8. The highest BCUT2D eigenvalue weighted by atomic mass is 16.2. The van der Waals surface area contributed by atoms with Gasteiger partial charge in [0.15, 0.2) is 0 Å². The fourth-order valence-electron chi connectivity index (χ4n) is 2.60. The topological polar surface area (TPSA) is 87.9 Å². The highest BCUT2D eigenvalue weighted by Gasteiger charge is 2.31. The lowest BCUT2D eigenvalue weighted by Gasteiger charge is -2.37. The molecule has 2 unspecified atom stereocenters. The molecule has 17 heavy (non-hydrogen) atoms. The number of hydrogen-bond donors (Lipinski definition) is 2. The highest BCUT2D eigenvalue weighted by Crippen LogP contribution is 2.27. The second-order valence-corrected chi connectivity index (χ2v) is 4.60. The molecule has 2 atom stereocenters. The van der Waals surface area contributed by atoms with E-state index in [0.717, 1.165) is 19.3 Å². The summed E-state index contributed by atoms with van der Waals surface area (Å²) in [6, 6.07) is 0.228. The summed E-state index contributed by atoms with van der Waals surface area (Å²) in [7, 11) is 1.82. The number of nitrogens with two attached hydrogens (primary N) is 1. The zero-order valence-electron chi connectivity index (χ0n) is 10.1. The van der Waals surface area contributed by atoms with Crippen LogP contribution in [0.4, 0.5) is 0 Å². The molecule has 1 aliphatic carbocycles. The van der Waals surface area contributed by atoms with Crippen LogP contribution >= 0.6 is 0 Å². The molecule has 0 aromatic carbocycles. The number of aromatic amines is 1. The van der Waals surface area contributed by atoms with Gasteiger partial charge in [-0.2, -0.15) is 5.10 Å². The molecule has 2 rings (SSSR count). The van der Waals surface area contributed by atoms with Crippen LogP contribution in [0.25, 0.3) is 0 Å². The summed E-state index contributed by atoms with van der Waals surface area (Å²) >= 11 is 0. The molecule has 94 valence electrons.